The van der Waals surface area contributed by atoms with E-state index in [2.05, 4.69) is 38.3 Å². The first-order valence-corrected chi connectivity index (χ1v) is 11.4. The SMILES string of the molecule is CC(C)C(N)C(=O)Nc1cc(C[C@@H](CC(C)C(C)(C)C)NC(=O)OC(C)(C)C)ccc1O. The standard InChI is InChI=1S/C25H43N3O4/c1-15(2)21(26)22(30)28-19-14-17(10-11-20(19)29)13-18(12-16(3)24(4,5)6)27-23(31)32-25(7,8)9/h10-11,14-16,18,21,29H,12-13,26H2,1-9H3,(H,27,31)(H,28,30)/t16?,18-,21?/m1/s1. The fraction of sp³-hybridized carbons (Fsp3) is 0.680. The molecule has 0 saturated carbocycles. The van der Waals surface area contributed by atoms with E-state index in [0.29, 0.717) is 18.0 Å². The number of nitrogens with one attached hydrogen (secondary N) is 2. The number of phenolic OH excluding ortho intramolecular Hbond substituents is 1. The lowest BCUT2D eigenvalue weighted by molar-refractivity contribution is -0.118. The molecule has 1 rings (SSSR count). The molecule has 0 fully saturated rings. The van der Waals surface area contributed by atoms with E-state index in [1.54, 1.807) is 18.2 Å². The number of anilines is 1. The number of alkyl carbamates (subject to hydrolysis) is 1. The van der Waals surface area contributed by atoms with Crippen LogP contribution in [0.4, 0.5) is 10.5 Å². The quantitative estimate of drug-likeness (QED) is 0.425. The van der Waals surface area contributed by atoms with Crippen molar-refractivity contribution in [2.75, 3.05) is 5.32 Å². The van der Waals surface area contributed by atoms with E-state index >= 15 is 0 Å². The normalized spacial score (nSPS) is 15.1. The summed E-state index contributed by atoms with van der Waals surface area (Å²) in [4.78, 5) is 24.8. The maximum absolute atomic E-state index is 12.5. The Hall–Kier alpha value is -2.28. The second kappa shape index (κ2) is 11.0. The van der Waals surface area contributed by atoms with Crippen LogP contribution >= 0.6 is 0 Å². The number of hydrogen-bond acceptors (Lipinski definition) is 5. The van der Waals surface area contributed by atoms with Crippen LogP contribution in [0.3, 0.4) is 0 Å². The Kier molecular flexibility index (Phi) is 9.57. The maximum atomic E-state index is 12.5. The zero-order chi connectivity index (χ0) is 24.9. The molecule has 0 aliphatic rings. The number of carbonyl (C=O) groups is 2. The molecule has 5 N–H and O–H groups in total. The van der Waals surface area contributed by atoms with Gasteiger partial charge in [0.2, 0.25) is 5.91 Å². The molecule has 0 aromatic heterocycles. The molecule has 32 heavy (non-hydrogen) atoms. The smallest absolute Gasteiger partial charge is 0.407 e. The van der Waals surface area contributed by atoms with Crippen LogP contribution in [0.5, 0.6) is 5.75 Å². The van der Waals surface area contributed by atoms with Gasteiger partial charge in [-0.15, -0.1) is 0 Å². The molecular formula is C25H43N3O4. The molecule has 0 aliphatic carbocycles. The fourth-order valence-electron chi connectivity index (χ4n) is 3.06. The zero-order valence-corrected chi connectivity index (χ0v) is 21.2. The Balaban J connectivity index is 3.06. The predicted octanol–water partition coefficient (Wildman–Crippen LogP) is 4.82. The van der Waals surface area contributed by atoms with Gasteiger partial charge in [-0.2, -0.15) is 0 Å². The largest absolute Gasteiger partial charge is 0.506 e. The van der Waals surface area contributed by atoms with Crippen LogP contribution in [-0.2, 0) is 16.0 Å². The molecule has 0 aliphatic heterocycles. The van der Waals surface area contributed by atoms with Crippen LogP contribution in [0.25, 0.3) is 0 Å². The lowest BCUT2D eigenvalue weighted by atomic mass is 9.78. The second-order valence-corrected chi connectivity index (χ2v) is 11.2. The van der Waals surface area contributed by atoms with Crippen molar-refractivity contribution in [3.8, 4) is 5.75 Å². The molecule has 7 heteroatoms. The maximum Gasteiger partial charge on any atom is 0.407 e. The lowest BCUT2D eigenvalue weighted by Crippen LogP contribution is -2.42. The van der Waals surface area contributed by atoms with Crippen molar-refractivity contribution in [1.29, 1.82) is 0 Å². The van der Waals surface area contributed by atoms with Gasteiger partial charge in [-0.3, -0.25) is 4.79 Å². The van der Waals surface area contributed by atoms with E-state index in [0.717, 1.165) is 12.0 Å². The van der Waals surface area contributed by atoms with Crippen LogP contribution < -0.4 is 16.4 Å². The summed E-state index contributed by atoms with van der Waals surface area (Å²) in [5.41, 5.74) is 6.60. The van der Waals surface area contributed by atoms with Gasteiger partial charge in [0.1, 0.15) is 11.4 Å². The highest BCUT2D eigenvalue weighted by atomic mass is 16.6. The summed E-state index contributed by atoms with van der Waals surface area (Å²) in [6, 6.07) is 4.21. The Labute approximate surface area is 193 Å². The molecule has 3 atom stereocenters. The van der Waals surface area contributed by atoms with Crippen molar-refractivity contribution in [3.05, 3.63) is 23.8 Å². The van der Waals surface area contributed by atoms with Gasteiger partial charge in [-0.1, -0.05) is 47.6 Å². The molecule has 0 spiro atoms. The number of phenols is 1. The van der Waals surface area contributed by atoms with Gasteiger partial charge in [-0.25, -0.2) is 4.79 Å². The summed E-state index contributed by atoms with van der Waals surface area (Å²) < 4.78 is 5.46. The molecule has 7 nitrogen and oxygen atoms in total. The lowest BCUT2D eigenvalue weighted by Gasteiger charge is -2.32. The third-order valence-corrected chi connectivity index (χ3v) is 5.66. The van der Waals surface area contributed by atoms with Gasteiger partial charge >= 0.3 is 6.09 Å². The topological polar surface area (TPSA) is 114 Å². The Morgan fingerprint density at radius 2 is 1.69 bits per heavy atom. The Morgan fingerprint density at radius 3 is 2.19 bits per heavy atom. The van der Waals surface area contributed by atoms with Crippen molar-refractivity contribution < 1.29 is 19.4 Å². The summed E-state index contributed by atoms with van der Waals surface area (Å²) in [6.07, 6.45) is 0.821. The third kappa shape index (κ3) is 9.47. The van der Waals surface area contributed by atoms with E-state index in [1.165, 1.54) is 0 Å². The molecule has 2 unspecified atom stereocenters. The van der Waals surface area contributed by atoms with Crippen molar-refractivity contribution >= 4 is 17.7 Å². The van der Waals surface area contributed by atoms with Crippen molar-refractivity contribution in [2.24, 2.45) is 23.0 Å². The highest BCUT2D eigenvalue weighted by Gasteiger charge is 2.27. The van der Waals surface area contributed by atoms with Crippen molar-refractivity contribution in [3.63, 3.8) is 0 Å². The minimum atomic E-state index is -0.674. The highest BCUT2D eigenvalue weighted by molar-refractivity contribution is 5.96. The van der Waals surface area contributed by atoms with Gasteiger partial charge in [0.15, 0.2) is 0 Å². The number of benzene rings is 1. The Bertz CT molecular complexity index is 778. The molecule has 0 heterocycles. The van der Waals surface area contributed by atoms with E-state index in [-0.39, 0.29) is 29.0 Å². The fourth-order valence-corrected chi connectivity index (χ4v) is 3.06. The van der Waals surface area contributed by atoms with E-state index in [1.807, 2.05) is 34.6 Å². The first kappa shape index (κ1) is 27.8. The molecule has 1 aromatic carbocycles. The first-order valence-electron chi connectivity index (χ1n) is 11.4. The van der Waals surface area contributed by atoms with Crippen LogP contribution in [0.2, 0.25) is 0 Å². The molecule has 0 saturated heterocycles. The van der Waals surface area contributed by atoms with Gasteiger partial charge < -0.3 is 26.2 Å². The molecule has 1 aromatic rings. The second-order valence-electron chi connectivity index (χ2n) is 11.2. The number of amides is 2. The average molecular weight is 450 g/mol. The van der Waals surface area contributed by atoms with Gasteiger partial charge in [0.05, 0.1) is 11.7 Å². The molecular weight excluding hydrogens is 406 g/mol. The van der Waals surface area contributed by atoms with Gasteiger partial charge in [0, 0.05) is 6.04 Å². The third-order valence-electron chi connectivity index (χ3n) is 5.66. The summed E-state index contributed by atoms with van der Waals surface area (Å²) in [6.45, 7) is 17.9. The summed E-state index contributed by atoms with van der Waals surface area (Å²) in [5.74, 6) is -0.0700. The van der Waals surface area contributed by atoms with E-state index in [9.17, 15) is 14.7 Å². The van der Waals surface area contributed by atoms with Crippen molar-refractivity contribution in [1.82, 2.24) is 5.32 Å². The first-order chi connectivity index (χ1) is 14.5. The highest BCUT2D eigenvalue weighted by Crippen LogP contribution is 2.31. The van der Waals surface area contributed by atoms with Gasteiger partial charge in [0.25, 0.3) is 0 Å². The van der Waals surface area contributed by atoms with Crippen LogP contribution in [0.15, 0.2) is 18.2 Å². The summed E-state index contributed by atoms with van der Waals surface area (Å²) in [7, 11) is 0. The number of ether oxygens (including phenoxy) is 1. The zero-order valence-electron chi connectivity index (χ0n) is 21.2. The summed E-state index contributed by atoms with van der Waals surface area (Å²) >= 11 is 0. The number of carbonyl (C=O) groups excluding carboxylic acids is 2. The average Bonchev–Trinajstić information content (AvgIpc) is 2.61. The predicted molar refractivity (Wildman–Crippen MR) is 130 cm³/mol. The molecule has 0 bridgehead atoms. The molecule has 182 valence electrons. The van der Waals surface area contributed by atoms with E-state index in [4.69, 9.17) is 10.5 Å². The van der Waals surface area contributed by atoms with Gasteiger partial charge in [-0.05, 0) is 68.6 Å². The van der Waals surface area contributed by atoms with E-state index < -0.39 is 17.7 Å². The minimum Gasteiger partial charge on any atom is -0.506 e. The number of rotatable bonds is 8. The number of aromatic hydroxyl groups is 1. The summed E-state index contributed by atoms with van der Waals surface area (Å²) in [5, 5.41) is 15.9. The number of nitrogens with two attached hydrogens (primary N) is 1. The Morgan fingerprint density at radius 1 is 1.09 bits per heavy atom. The molecule has 0 radical (unpaired) electrons. The number of hydrogen-bond donors (Lipinski definition) is 4. The van der Waals surface area contributed by atoms with Crippen molar-refractivity contribution in [2.45, 2.75) is 92.8 Å². The molecule has 2 amide bonds. The van der Waals surface area contributed by atoms with Crippen LogP contribution in [0.1, 0.15) is 74.3 Å². The van der Waals surface area contributed by atoms with Crippen LogP contribution in [-0.4, -0.2) is 34.8 Å². The monoisotopic (exact) mass is 449 g/mol. The minimum absolute atomic E-state index is 0.0263. The van der Waals surface area contributed by atoms with Crippen LogP contribution in [0, 0.1) is 17.3 Å².